The topological polar surface area (TPSA) is 61.9 Å². The quantitative estimate of drug-likeness (QED) is 0.253. The normalized spacial score (nSPS) is 18.0. The van der Waals surface area contributed by atoms with E-state index >= 15 is 0 Å². The number of carbonyl (C=O) groups excluding carboxylic acids is 2. The van der Waals surface area contributed by atoms with Gasteiger partial charge < -0.3 is 19.9 Å². The van der Waals surface area contributed by atoms with Crippen LogP contribution in [0.1, 0.15) is 49.3 Å². The van der Waals surface area contributed by atoms with Gasteiger partial charge in [0.2, 0.25) is 5.91 Å². The molecule has 3 aromatic rings. The van der Waals surface area contributed by atoms with Gasteiger partial charge in [0.1, 0.15) is 5.75 Å². The van der Waals surface area contributed by atoms with Crippen molar-refractivity contribution in [3.05, 3.63) is 106 Å². The Morgan fingerprint density at radius 1 is 0.907 bits per heavy atom. The number of fused-ring (bicyclic) bond motifs is 2. The molecule has 0 unspecified atom stereocenters. The van der Waals surface area contributed by atoms with Crippen LogP contribution >= 0.6 is 11.6 Å². The summed E-state index contributed by atoms with van der Waals surface area (Å²) in [5, 5.41) is 4.28. The van der Waals surface area contributed by atoms with E-state index in [4.69, 9.17) is 16.3 Å². The number of amides is 2. The van der Waals surface area contributed by atoms with Crippen molar-refractivity contribution in [2.24, 2.45) is 0 Å². The molecule has 0 aromatic heterocycles. The lowest BCUT2D eigenvalue weighted by Gasteiger charge is -2.44. The first-order valence-corrected chi connectivity index (χ1v) is 15.8. The van der Waals surface area contributed by atoms with Crippen LogP contribution in [0.3, 0.4) is 0 Å². The Hall–Kier alpha value is -3.61. The van der Waals surface area contributed by atoms with Crippen molar-refractivity contribution in [3.63, 3.8) is 0 Å². The van der Waals surface area contributed by atoms with Gasteiger partial charge in [0.05, 0.1) is 17.7 Å². The number of unbranched alkanes of at least 4 members (excludes halogenated alkanes) is 1. The Morgan fingerprint density at radius 3 is 2.35 bits per heavy atom. The standard InChI is InChI=1S/C36H42ClN3O3/c1-26(41)40-24-30-23-31(29-19-17-28(18-20-29)14-10-22-43-34-16-7-6-15-32(34)37)35(33(25-40)38-30)36(42)39(2)21-9-8-13-27-11-4-3-5-12-27/h3-7,11-12,15-20,30,33,38H,8-10,13-14,21-25H2,1-2H3/t30-,33-/m1/s1. The van der Waals surface area contributed by atoms with E-state index in [9.17, 15) is 9.59 Å². The Morgan fingerprint density at radius 2 is 1.60 bits per heavy atom. The summed E-state index contributed by atoms with van der Waals surface area (Å²) >= 11 is 6.20. The molecule has 43 heavy (non-hydrogen) atoms. The predicted octanol–water partition coefficient (Wildman–Crippen LogP) is 6.18. The van der Waals surface area contributed by atoms with Crippen LogP contribution in [0.2, 0.25) is 5.02 Å². The molecule has 6 nitrogen and oxygen atoms in total. The van der Waals surface area contributed by atoms with Crippen molar-refractivity contribution < 1.29 is 14.3 Å². The molecular weight excluding hydrogens is 558 g/mol. The van der Waals surface area contributed by atoms with Gasteiger partial charge in [-0.3, -0.25) is 9.59 Å². The highest BCUT2D eigenvalue weighted by Gasteiger charge is 2.39. The summed E-state index contributed by atoms with van der Waals surface area (Å²) in [5.41, 5.74) is 5.55. The van der Waals surface area contributed by atoms with E-state index in [-0.39, 0.29) is 23.9 Å². The molecule has 2 bridgehead atoms. The lowest BCUT2D eigenvalue weighted by molar-refractivity contribution is -0.132. The summed E-state index contributed by atoms with van der Waals surface area (Å²) in [6.07, 6.45) is 5.46. The van der Waals surface area contributed by atoms with E-state index in [1.165, 1.54) is 11.1 Å². The number of nitrogens with one attached hydrogen (secondary N) is 1. The lowest BCUT2D eigenvalue weighted by Crippen LogP contribution is -2.61. The van der Waals surface area contributed by atoms with Crippen molar-refractivity contribution >= 4 is 29.0 Å². The third-order valence-electron chi connectivity index (χ3n) is 8.49. The smallest absolute Gasteiger partial charge is 0.251 e. The number of nitrogens with zero attached hydrogens (tertiary/aromatic N) is 2. The molecule has 0 saturated carbocycles. The molecule has 1 N–H and O–H groups in total. The van der Waals surface area contributed by atoms with Gasteiger partial charge in [-0.15, -0.1) is 0 Å². The third-order valence-corrected chi connectivity index (χ3v) is 8.80. The zero-order valence-electron chi connectivity index (χ0n) is 25.2. The number of halogens is 1. The molecule has 3 aromatic carbocycles. The van der Waals surface area contributed by atoms with Crippen molar-refractivity contribution in [3.8, 4) is 5.75 Å². The fourth-order valence-corrected chi connectivity index (χ4v) is 6.34. The Balaban J connectivity index is 1.26. The van der Waals surface area contributed by atoms with Crippen molar-refractivity contribution in [1.82, 2.24) is 15.1 Å². The van der Waals surface area contributed by atoms with Gasteiger partial charge in [0.15, 0.2) is 0 Å². The first kappa shape index (κ1) is 30.8. The van der Waals surface area contributed by atoms with E-state index in [2.05, 4.69) is 53.8 Å². The summed E-state index contributed by atoms with van der Waals surface area (Å²) in [6.45, 7) is 4.08. The highest BCUT2D eigenvalue weighted by atomic mass is 35.5. The number of carbonyl (C=O) groups is 2. The van der Waals surface area contributed by atoms with Crippen LogP contribution in [0.15, 0.2) is 84.4 Å². The molecule has 0 spiro atoms. The van der Waals surface area contributed by atoms with Gasteiger partial charge >= 0.3 is 0 Å². The number of benzene rings is 3. The number of likely N-dealkylation sites (N-methyl/N-ethyl adjacent to an activating group) is 1. The third kappa shape index (κ3) is 8.07. The maximum atomic E-state index is 14.0. The number of rotatable bonds is 12. The van der Waals surface area contributed by atoms with Crippen LogP contribution < -0.4 is 10.1 Å². The Kier molecular flexibility index (Phi) is 10.6. The second-order valence-electron chi connectivity index (χ2n) is 11.7. The summed E-state index contributed by atoms with van der Waals surface area (Å²) in [5.74, 6) is 0.824. The van der Waals surface area contributed by atoms with Crippen LogP contribution in [0.25, 0.3) is 5.57 Å². The van der Waals surface area contributed by atoms with Gasteiger partial charge in [-0.2, -0.15) is 0 Å². The maximum absolute atomic E-state index is 14.0. The first-order valence-electron chi connectivity index (χ1n) is 15.4. The highest BCUT2D eigenvalue weighted by molar-refractivity contribution is 6.32. The molecule has 0 radical (unpaired) electrons. The molecule has 226 valence electrons. The Labute approximate surface area is 260 Å². The predicted molar refractivity (Wildman–Crippen MR) is 173 cm³/mol. The van der Waals surface area contributed by atoms with E-state index in [0.29, 0.717) is 43.4 Å². The van der Waals surface area contributed by atoms with Crippen LogP contribution in [-0.2, 0) is 22.4 Å². The van der Waals surface area contributed by atoms with Gasteiger partial charge in [-0.25, -0.2) is 0 Å². The monoisotopic (exact) mass is 599 g/mol. The molecule has 1 fully saturated rings. The average Bonchev–Trinajstić information content (AvgIpc) is 3.02. The molecule has 2 heterocycles. The number of hydrogen-bond donors (Lipinski definition) is 1. The lowest BCUT2D eigenvalue weighted by atomic mass is 9.82. The molecular formula is C36H42ClN3O3. The summed E-state index contributed by atoms with van der Waals surface area (Å²) < 4.78 is 5.85. The van der Waals surface area contributed by atoms with Crippen molar-refractivity contribution in [1.29, 1.82) is 0 Å². The minimum absolute atomic E-state index is 0.0526. The van der Waals surface area contributed by atoms with Gasteiger partial charge in [-0.05, 0) is 72.9 Å². The number of aryl methyl sites for hydroxylation is 2. The second-order valence-corrected chi connectivity index (χ2v) is 12.1. The fourth-order valence-electron chi connectivity index (χ4n) is 6.15. The summed E-state index contributed by atoms with van der Waals surface area (Å²) in [6, 6.07) is 26.6. The molecule has 0 aliphatic carbocycles. The minimum atomic E-state index is -0.174. The Bertz CT molecular complexity index is 1420. The maximum Gasteiger partial charge on any atom is 0.251 e. The SMILES string of the molecule is CC(=O)N1C[C@H]2CC(c3ccc(CCCOc4ccccc4Cl)cc3)=C(C(=O)N(C)CCCCc3ccccc3)[C@@H](C1)N2. The number of hydrogen-bond acceptors (Lipinski definition) is 4. The molecule has 2 atom stereocenters. The van der Waals surface area contributed by atoms with Crippen molar-refractivity contribution in [2.75, 3.05) is 33.3 Å². The zero-order chi connectivity index (χ0) is 30.2. The van der Waals surface area contributed by atoms with Crippen molar-refractivity contribution in [2.45, 2.75) is 57.5 Å². The van der Waals surface area contributed by atoms with E-state index < -0.39 is 0 Å². The molecule has 5 rings (SSSR count). The second kappa shape index (κ2) is 14.7. The zero-order valence-corrected chi connectivity index (χ0v) is 26.0. The number of ether oxygens (including phenoxy) is 1. The van der Waals surface area contributed by atoms with Crippen LogP contribution in [0.4, 0.5) is 0 Å². The molecule has 7 heteroatoms. The molecule has 2 aliphatic rings. The minimum Gasteiger partial charge on any atom is -0.492 e. The largest absolute Gasteiger partial charge is 0.492 e. The van der Waals surface area contributed by atoms with Crippen LogP contribution in [0, 0.1) is 0 Å². The van der Waals surface area contributed by atoms with E-state index in [1.807, 2.05) is 47.2 Å². The molecule has 2 amide bonds. The van der Waals surface area contributed by atoms with Crippen LogP contribution in [0.5, 0.6) is 5.75 Å². The average molecular weight is 600 g/mol. The summed E-state index contributed by atoms with van der Waals surface area (Å²) in [4.78, 5) is 30.0. The first-order chi connectivity index (χ1) is 20.9. The van der Waals surface area contributed by atoms with E-state index in [0.717, 1.165) is 48.8 Å². The van der Waals surface area contributed by atoms with Gasteiger partial charge in [0.25, 0.3) is 5.91 Å². The fraction of sp³-hybridized carbons (Fsp3) is 0.389. The number of para-hydroxylation sites is 1. The molecule has 1 saturated heterocycles. The molecule has 2 aliphatic heterocycles. The van der Waals surface area contributed by atoms with Gasteiger partial charge in [-0.1, -0.05) is 78.3 Å². The highest BCUT2D eigenvalue weighted by Crippen LogP contribution is 2.34. The van der Waals surface area contributed by atoms with Gasteiger partial charge in [0, 0.05) is 45.2 Å². The summed E-state index contributed by atoms with van der Waals surface area (Å²) in [7, 11) is 1.90. The van der Waals surface area contributed by atoms with E-state index in [1.54, 1.807) is 6.92 Å². The number of piperazine rings is 1. The van der Waals surface area contributed by atoms with Crippen LogP contribution in [-0.4, -0.2) is 67.0 Å².